The van der Waals surface area contributed by atoms with E-state index in [1.807, 2.05) is 6.07 Å². The van der Waals surface area contributed by atoms with Crippen LogP contribution in [0, 0.1) is 0 Å². The minimum Gasteiger partial charge on any atom is -0.493 e. The zero-order valence-corrected chi connectivity index (χ0v) is 22.4. The summed E-state index contributed by atoms with van der Waals surface area (Å²) < 4.78 is 52.0. The summed E-state index contributed by atoms with van der Waals surface area (Å²) in [7, 11) is -4.14. The molecule has 0 saturated carbocycles. The van der Waals surface area contributed by atoms with E-state index in [1.165, 1.54) is 23.8 Å². The maximum atomic E-state index is 14.8. The molecule has 1 aromatic carbocycles. The van der Waals surface area contributed by atoms with Crippen LogP contribution in [0.25, 0.3) is 0 Å². The predicted octanol–water partition coefficient (Wildman–Crippen LogP) is 3.24. The highest BCUT2D eigenvalue weighted by Crippen LogP contribution is 2.49. The zero-order chi connectivity index (χ0) is 26.7. The molecule has 0 amide bonds. The second-order valence-corrected chi connectivity index (χ2v) is 12.1. The summed E-state index contributed by atoms with van der Waals surface area (Å²) in [6, 6.07) is 5.46. The summed E-state index contributed by atoms with van der Waals surface area (Å²) in [6.45, 7) is 5.25. The molecule has 0 aliphatic carbocycles. The Bertz CT molecular complexity index is 1250. The van der Waals surface area contributed by atoms with E-state index in [9.17, 15) is 18.5 Å². The topological polar surface area (TPSA) is 144 Å². The lowest BCUT2D eigenvalue weighted by molar-refractivity contribution is -0.149. The molecule has 202 valence electrons. The molecule has 2 aliphatic rings. The van der Waals surface area contributed by atoms with Gasteiger partial charge < -0.3 is 19.7 Å². The molecule has 37 heavy (non-hydrogen) atoms. The van der Waals surface area contributed by atoms with Gasteiger partial charge in [0.1, 0.15) is 34.9 Å². The number of nitrogen functional groups attached to an aromatic ring is 1. The Morgan fingerprint density at radius 2 is 2.16 bits per heavy atom. The summed E-state index contributed by atoms with van der Waals surface area (Å²) in [6.07, 6.45) is 0.460. The first-order valence-corrected chi connectivity index (χ1v) is 14.3. The van der Waals surface area contributed by atoms with Crippen LogP contribution in [0.1, 0.15) is 38.1 Å². The Morgan fingerprint density at radius 1 is 1.38 bits per heavy atom. The zero-order valence-electron chi connectivity index (χ0n) is 20.7. The van der Waals surface area contributed by atoms with Gasteiger partial charge in [-0.3, -0.25) is 13.9 Å². The summed E-state index contributed by atoms with van der Waals surface area (Å²) in [5.41, 5.74) is 5.87. The molecule has 3 heterocycles. The number of aromatic nitrogens is 2. The molecule has 2 aliphatic heterocycles. The lowest BCUT2D eigenvalue weighted by atomic mass is 10.2. The highest BCUT2D eigenvalue weighted by molar-refractivity contribution is 8.00. The highest BCUT2D eigenvalue weighted by Gasteiger charge is 2.40. The van der Waals surface area contributed by atoms with Crippen LogP contribution in [0.4, 0.5) is 10.2 Å². The summed E-state index contributed by atoms with van der Waals surface area (Å²) >= 11 is 1.15. The number of carbonyl (C=O) groups excluding carboxylic acids is 1. The molecule has 0 bridgehead atoms. The fraction of sp³-hybridized carbons (Fsp3) is 0.522. The first-order valence-electron chi connectivity index (χ1n) is 11.9. The van der Waals surface area contributed by atoms with Gasteiger partial charge in [0.05, 0.1) is 19.3 Å². The first kappa shape index (κ1) is 27.4. The smallest absolute Gasteiger partial charge is 0.459 e. The summed E-state index contributed by atoms with van der Waals surface area (Å²) in [4.78, 5) is 28.2. The first-order chi connectivity index (χ1) is 17.5. The van der Waals surface area contributed by atoms with Gasteiger partial charge in [-0.05, 0) is 44.9 Å². The maximum absolute atomic E-state index is 14.8. The monoisotopic (exact) mass is 556 g/mol. The van der Waals surface area contributed by atoms with Crippen molar-refractivity contribution in [3.63, 3.8) is 0 Å². The normalized spacial score (nSPS) is 23.2. The molecule has 1 aromatic heterocycles. The van der Waals surface area contributed by atoms with Crippen LogP contribution < -0.4 is 25.8 Å². The number of fused-ring (bicyclic) bond motifs is 1. The largest absolute Gasteiger partial charge is 0.493 e. The molecule has 5 atom stereocenters. The van der Waals surface area contributed by atoms with Crippen molar-refractivity contribution in [1.29, 1.82) is 0 Å². The van der Waals surface area contributed by atoms with Crippen molar-refractivity contribution in [2.24, 2.45) is 0 Å². The van der Waals surface area contributed by atoms with E-state index in [0.717, 1.165) is 23.7 Å². The van der Waals surface area contributed by atoms with Crippen molar-refractivity contribution in [3.05, 3.63) is 46.5 Å². The van der Waals surface area contributed by atoms with Crippen LogP contribution in [0.15, 0.2) is 35.3 Å². The molecular formula is C23H30FN4O7PS. The van der Waals surface area contributed by atoms with E-state index in [-0.39, 0.29) is 30.7 Å². The van der Waals surface area contributed by atoms with Gasteiger partial charge in [-0.2, -0.15) is 10.1 Å². The lowest BCUT2D eigenvalue weighted by Crippen LogP contribution is -2.36. The fourth-order valence-corrected chi connectivity index (χ4v) is 6.95. The SMILES string of the molecule is CC(C)OC(=O)[C@H](C)NP(=O)(OC[C@@H]1C[C@H](F)[C@H](n2ccc(N)nc2=O)S1)Oc1ccc2c(c1)OCC2. The standard InChI is InChI=1S/C23H30FN4O7PS/c1-13(2)34-22(29)14(3)27-36(31,35-16-5-4-15-7-9-32-19(15)10-16)33-12-17-11-18(24)21(37-17)28-8-6-20(25)26-23(28)30/h4-6,8,10,13-14,17-18,21H,7,9,11-12H2,1-3H3,(H,27,31)(H2,25,26,30)/t14-,17-,18-,21+,36?/m0/s1. The van der Waals surface area contributed by atoms with Gasteiger partial charge in [0.15, 0.2) is 0 Å². The van der Waals surface area contributed by atoms with Crippen LogP contribution in [0.5, 0.6) is 11.5 Å². The van der Waals surface area contributed by atoms with E-state index in [2.05, 4.69) is 10.1 Å². The number of carbonyl (C=O) groups is 1. The van der Waals surface area contributed by atoms with Gasteiger partial charge in [0.2, 0.25) is 0 Å². The summed E-state index contributed by atoms with van der Waals surface area (Å²) in [5, 5.41) is 1.33. The Balaban J connectivity index is 1.47. The quantitative estimate of drug-likeness (QED) is 0.329. The van der Waals surface area contributed by atoms with E-state index in [4.69, 9.17) is 24.3 Å². The summed E-state index contributed by atoms with van der Waals surface area (Å²) in [5.74, 6) is 0.258. The Hall–Kier alpha value is -2.60. The Morgan fingerprint density at radius 3 is 2.89 bits per heavy atom. The molecule has 0 spiro atoms. The Labute approximate surface area is 217 Å². The van der Waals surface area contributed by atoms with E-state index < -0.39 is 42.2 Å². The second-order valence-electron chi connectivity index (χ2n) is 9.03. The molecular weight excluding hydrogens is 526 g/mol. The molecule has 2 aromatic rings. The number of ether oxygens (including phenoxy) is 2. The molecule has 14 heteroatoms. The van der Waals surface area contributed by atoms with Gasteiger partial charge in [0.25, 0.3) is 0 Å². The third-order valence-electron chi connectivity index (χ3n) is 5.64. The van der Waals surface area contributed by atoms with Crippen LogP contribution in [-0.2, 0) is 25.0 Å². The number of thioether (sulfide) groups is 1. The number of nitrogens with zero attached hydrogens (tertiary/aromatic N) is 2. The van der Waals surface area contributed by atoms with Crippen molar-refractivity contribution in [2.45, 2.75) is 62.6 Å². The van der Waals surface area contributed by atoms with Crippen LogP contribution >= 0.6 is 19.5 Å². The molecule has 1 unspecified atom stereocenters. The fourth-order valence-electron chi connectivity index (χ4n) is 3.91. The number of rotatable bonds is 10. The number of halogens is 1. The number of anilines is 1. The van der Waals surface area contributed by atoms with Crippen LogP contribution in [-0.4, -0.2) is 52.3 Å². The van der Waals surface area contributed by atoms with Gasteiger partial charge in [-0.1, -0.05) is 6.07 Å². The van der Waals surface area contributed by atoms with Crippen molar-refractivity contribution in [2.75, 3.05) is 18.9 Å². The average Bonchev–Trinajstić information content (AvgIpc) is 3.43. The Kier molecular flexibility index (Phi) is 8.47. The van der Waals surface area contributed by atoms with Crippen LogP contribution in [0.2, 0.25) is 0 Å². The minimum atomic E-state index is -4.14. The number of hydrogen-bond acceptors (Lipinski definition) is 10. The number of hydrogen-bond donors (Lipinski definition) is 2. The van der Waals surface area contributed by atoms with E-state index in [1.54, 1.807) is 26.0 Å². The average molecular weight is 557 g/mol. The lowest BCUT2D eigenvalue weighted by Gasteiger charge is -2.24. The van der Waals surface area contributed by atoms with Crippen molar-refractivity contribution >= 4 is 31.3 Å². The van der Waals surface area contributed by atoms with E-state index in [0.29, 0.717) is 12.4 Å². The van der Waals surface area contributed by atoms with Gasteiger partial charge in [-0.25, -0.2) is 13.8 Å². The van der Waals surface area contributed by atoms with Gasteiger partial charge >= 0.3 is 19.4 Å². The second kappa shape index (κ2) is 11.4. The number of esters is 1. The molecule has 1 fully saturated rings. The van der Waals surface area contributed by atoms with Crippen LogP contribution in [0.3, 0.4) is 0 Å². The molecule has 0 radical (unpaired) electrons. The molecule has 4 rings (SSSR count). The molecule has 1 saturated heterocycles. The third-order valence-corrected chi connectivity index (χ3v) is 8.79. The number of alkyl halides is 1. The molecule has 11 nitrogen and oxygen atoms in total. The van der Waals surface area contributed by atoms with Crippen molar-refractivity contribution in [1.82, 2.24) is 14.6 Å². The highest BCUT2D eigenvalue weighted by atomic mass is 32.2. The van der Waals surface area contributed by atoms with Gasteiger partial charge in [-0.15, -0.1) is 11.8 Å². The molecule has 3 N–H and O–H groups in total. The number of nitrogens with one attached hydrogen (secondary N) is 1. The van der Waals surface area contributed by atoms with Crippen molar-refractivity contribution < 1.29 is 32.3 Å². The van der Waals surface area contributed by atoms with Crippen molar-refractivity contribution in [3.8, 4) is 11.5 Å². The third kappa shape index (κ3) is 6.84. The minimum absolute atomic E-state index is 0.0454. The number of nitrogens with two attached hydrogens (primary N) is 1. The maximum Gasteiger partial charge on any atom is 0.459 e. The van der Waals surface area contributed by atoms with Gasteiger partial charge in [0, 0.05) is 23.9 Å². The van der Waals surface area contributed by atoms with E-state index >= 15 is 0 Å². The number of benzene rings is 1. The predicted molar refractivity (Wildman–Crippen MR) is 136 cm³/mol.